The van der Waals surface area contributed by atoms with E-state index in [1.807, 2.05) is 0 Å². The summed E-state index contributed by atoms with van der Waals surface area (Å²) in [4.78, 5) is 0. The van der Waals surface area contributed by atoms with Crippen molar-refractivity contribution in [1.82, 2.24) is 5.01 Å². The molecule has 0 aromatic rings. The molecule has 0 saturated heterocycles. The Morgan fingerprint density at radius 1 is 0.800 bits per heavy atom. The monoisotopic (exact) mass is 209 g/mol. The van der Waals surface area contributed by atoms with Crippen molar-refractivity contribution in [3.8, 4) is 0 Å². The van der Waals surface area contributed by atoms with Gasteiger partial charge in [0.2, 0.25) is 0 Å². The summed E-state index contributed by atoms with van der Waals surface area (Å²) in [6, 6.07) is 0.689. The average Bonchev–Trinajstić information content (AvgIpc) is 2.79. The van der Waals surface area contributed by atoms with Crippen LogP contribution in [-0.2, 0) is 0 Å². The normalized spacial score (nSPS) is 25.7. The van der Waals surface area contributed by atoms with Crippen molar-refractivity contribution in [2.75, 3.05) is 13.1 Å². The predicted octanol–water partition coefficient (Wildman–Crippen LogP) is 3.56. The topological polar surface area (TPSA) is 28.0 Å². The second-order valence-electron chi connectivity index (χ2n) is 4.82. The molecule has 1 heterocycles. The van der Waals surface area contributed by atoms with Gasteiger partial charge in [0, 0.05) is 6.04 Å². The summed E-state index contributed by atoms with van der Waals surface area (Å²) >= 11 is 0. The smallest absolute Gasteiger partial charge is 0.0813 e. The SMILES string of the molecule is C1CCCCC(N2CCN=N2)CCCC1. The fourth-order valence-corrected chi connectivity index (χ4v) is 2.66. The van der Waals surface area contributed by atoms with E-state index in [1.165, 1.54) is 57.8 Å². The number of nitrogens with zero attached hydrogens (tertiary/aromatic N) is 3. The third-order valence-corrected chi connectivity index (χ3v) is 3.60. The van der Waals surface area contributed by atoms with Crippen LogP contribution < -0.4 is 0 Å². The minimum Gasteiger partial charge on any atom is -0.274 e. The van der Waals surface area contributed by atoms with Crippen molar-refractivity contribution in [2.24, 2.45) is 10.3 Å². The Bertz CT molecular complexity index is 193. The molecular weight excluding hydrogens is 186 g/mol. The molecule has 86 valence electrons. The van der Waals surface area contributed by atoms with Crippen LogP contribution in [0.15, 0.2) is 10.3 Å². The maximum absolute atomic E-state index is 4.24. The van der Waals surface area contributed by atoms with E-state index >= 15 is 0 Å². The first-order valence-corrected chi connectivity index (χ1v) is 6.61. The van der Waals surface area contributed by atoms with E-state index in [2.05, 4.69) is 15.3 Å². The lowest BCUT2D eigenvalue weighted by Gasteiger charge is -2.25. The van der Waals surface area contributed by atoms with E-state index in [0.717, 1.165) is 13.1 Å². The molecule has 0 aromatic carbocycles. The lowest BCUT2D eigenvalue weighted by atomic mass is 9.97. The lowest BCUT2D eigenvalue weighted by Crippen LogP contribution is -2.30. The predicted molar refractivity (Wildman–Crippen MR) is 61.8 cm³/mol. The standard InChI is InChI=1S/C12H23N3/c1-2-4-6-8-12(9-7-5-3-1)15-11-10-13-14-15/h12H,1-11H2. The van der Waals surface area contributed by atoms with Gasteiger partial charge in [-0.2, -0.15) is 5.11 Å². The summed E-state index contributed by atoms with van der Waals surface area (Å²) in [5.41, 5.74) is 0. The van der Waals surface area contributed by atoms with Crippen LogP contribution in [0.2, 0.25) is 0 Å². The van der Waals surface area contributed by atoms with Gasteiger partial charge in [-0.15, -0.1) is 0 Å². The Hall–Kier alpha value is -0.600. The van der Waals surface area contributed by atoms with Gasteiger partial charge in [0.05, 0.1) is 13.1 Å². The molecular formula is C12H23N3. The van der Waals surface area contributed by atoms with Gasteiger partial charge in [0.25, 0.3) is 0 Å². The van der Waals surface area contributed by atoms with Gasteiger partial charge in [-0.05, 0) is 12.8 Å². The van der Waals surface area contributed by atoms with Gasteiger partial charge < -0.3 is 0 Å². The molecule has 2 rings (SSSR count). The van der Waals surface area contributed by atoms with Crippen molar-refractivity contribution in [2.45, 2.75) is 63.8 Å². The molecule has 1 fully saturated rings. The van der Waals surface area contributed by atoms with E-state index in [1.54, 1.807) is 0 Å². The lowest BCUT2D eigenvalue weighted by molar-refractivity contribution is 0.193. The summed E-state index contributed by atoms with van der Waals surface area (Å²) in [5, 5.41) is 10.6. The largest absolute Gasteiger partial charge is 0.274 e. The molecule has 3 heteroatoms. The minimum atomic E-state index is 0.689. The van der Waals surface area contributed by atoms with Gasteiger partial charge in [-0.1, -0.05) is 50.2 Å². The van der Waals surface area contributed by atoms with E-state index in [-0.39, 0.29) is 0 Å². The van der Waals surface area contributed by atoms with Crippen molar-refractivity contribution in [1.29, 1.82) is 0 Å². The molecule has 3 nitrogen and oxygen atoms in total. The molecule has 0 amide bonds. The molecule has 0 unspecified atom stereocenters. The first kappa shape index (κ1) is 10.9. The van der Waals surface area contributed by atoms with Crippen LogP contribution in [0.25, 0.3) is 0 Å². The highest BCUT2D eigenvalue weighted by Gasteiger charge is 2.19. The van der Waals surface area contributed by atoms with Crippen molar-refractivity contribution in [3.63, 3.8) is 0 Å². The zero-order valence-corrected chi connectivity index (χ0v) is 9.70. The van der Waals surface area contributed by atoms with Crippen LogP contribution in [0.5, 0.6) is 0 Å². The number of hydrogen-bond donors (Lipinski definition) is 0. The van der Waals surface area contributed by atoms with Gasteiger partial charge >= 0.3 is 0 Å². The highest BCUT2D eigenvalue weighted by Crippen LogP contribution is 2.22. The number of rotatable bonds is 1. The van der Waals surface area contributed by atoms with E-state index < -0.39 is 0 Å². The average molecular weight is 209 g/mol. The van der Waals surface area contributed by atoms with Gasteiger partial charge in [-0.25, -0.2) is 0 Å². The molecule has 1 saturated carbocycles. The Balaban J connectivity index is 1.80. The fraction of sp³-hybridized carbons (Fsp3) is 1.00. The second-order valence-corrected chi connectivity index (χ2v) is 4.82. The summed E-state index contributed by atoms with van der Waals surface area (Å²) in [6.07, 6.45) is 12.6. The molecule has 0 bridgehead atoms. The zero-order chi connectivity index (χ0) is 10.3. The molecule has 0 atom stereocenters. The second kappa shape index (κ2) is 6.09. The van der Waals surface area contributed by atoms with Crippen LogP contribution in [0.4, 0.5) is 0 Å². The fourth-order valence-electron chi connectivity index (χ4n) is 2.66. The van der Waals surface area contributed by atoms with Gasteiger partial charge in [0.15, 0.2) is 0 Å². The molecule has 1 aliphatic heterocycles. The van der Waals surface area contributed by atoms with E-state index in [4.69, 9.17) is 0 Å². The van der Waals surface area contributed by atoms with Crippen LogP contribution in [0.3, 0.4) is 0 Å². The minimum absolute atomic E-state index is 0.689. The molecule has 2 aliphatic rings. The summed E-state index contributed by atoms with van der Waals surface area (Å²) in [5.74, 6) is 0. The van der Waals surface area contributed by atoms with E-state index in [9.17, 15) is 0 Å². The molecule has 0 N–H and O–H groups in total. The molecule has 15 heavy (non-hydrogen) atoms. The van der Waals surface area contributed by atoms with Crippen LogP contribution in [0.1, 0.15) is 57.8 Å². The quantitative estimate of drug-likeness (QED) is 0.649. The van der Waals surface area contributed by atoms with Crippen LogP contribution in [0, 0.1) is 0 Å². The third kappa shape index (κ3) is 3.47. The number of hydrogen-bond acceptors (Lipinski definition) is 3. The molecule has 1 aliphatic carbocycles. The van der Waals surface area contributed by atoms with Crippen LogP contribution in [-0.4, -0.2) is 24.1 Å². The first-order valence-electron chi connectivity index (χ1n) is 6.61. The Morgan fingerprint density at radius 3 is 1.93 bits per heavy atom. The Morgan fingerprint density at radius 2 is 1.40 bits per heavy atom. The Kier molecular flexibility index (Phi) is 4.42. The Labute approximate surface area is 92.9 Å². The zero-order valence-electron chi connectivity index (χ0n) is 9.70. The van der Waals surface area contributed by atoms with Crippen molar-refractivity contribution >= 4 is 0 Å². The summed E-state index contributed by atoms with van der Waals surface area (Å²) < 4.78 is 0. The maximum atomic E-state index is 4.24. The van der Waals surface area contributed by atoms with Crippen molar-refractivity contribution < 1.29 is 0 Å². The first-order chi connectivity index (χ1) is 7.47. The third-order valence-electron chi connectivity index (χ3n) is 3.60. The molecule has 0 radical (unpaired) electrons. The highest BCUT2D eigenvalue weighted by molar-refractivity contribution is 4.72. The van der Waals surface area contributed by atoms with Gasteiger partial charge in [0.1, 0.15) is 0 Å². The molecule has 0 aromatic heterocycles. The van der Waals surface area contributed by atoms with E-state index in [0.29, 0.717) is 6.04 Å². The molecule has 0 spiro atoms. The highest BCUT2D eigenvalue weighted by atomic mass is 15.6. The summed E-state index contributed by atoms with van der Waals surface area (Å²) in [7, 11) is 0. The van der Waals surface area contributed by atoms with Crippen LogP contribution >= 0.6 is 0 Å². The maximum Gasteiger partial charge on any atom is 0.0813 e. The van der Waals surface area contributed by atoms with Gasteiger partial charge in [-0.3, -0.25) is 5.01 Å². The summed E-state index contributed by atoms with van der Waals surface area (Å²) in [6.45, 7) is 1.97. The van der Waals surface area contributed by atoms with Crippen molar-refractivity contribution in [3.05, 3.63) is 0 Å².